The van der Waals surface area contributed by atoms with Gasteiger partial charge in [-0.25, -0.2) is 0 Å². The molecule has 1 aliphatic carbocycles. The van der Waals surface area contributed by atoms with Crippen molar-refractivity contribution in [2.45, 2.75) is 45.1 Å². The summed E-state index contributed by atoms with van der Waals surface area (Å²) in [4.78, 5) is 10.7. The van der Waals surface area contributed by atoms with E-state index in [1.54, 1.807) is 0 Å². The van der Waals surface area contributed by atoms with Crippen molar-refractivity contribution in [2.75, 3.05) is 13.1 Å². The van der Waals surface area contributed by atoms with Crippen molar-refractivity contribution < 1.29 is 4.79 Å². The Morgan fingerprint density at radius 2 is 2.00 bits per heavy atom. The summed E-state index contributed by atoms with van der Waals surface area (Å²) in [5.74, 6) is 1.33. The highest BCUT2D eigenvalue weighted by Gasteiger charge is 2.17. The number of carbonyl (C=O) groups excluding carboxylic acids is 1. The van der Waals surface area contributed by atoms with Gasteiger partial charge in [0.15, 0.2) is 0 Å². The number of nitrogens with two attached hydrogens (primary N) is 2. The van der Waals surface area contributed by atoms with E-state index in [1.807, 2.05) is 0 Å². The van der Waals surface area contributed by atoms with Gasteiger partial charge in [-0.2, -0.15) is 0 Å². The molecule has 0 aromatic carbocycles. The molecule has 1 unspecified atom stereocenters. The number of hydrogen-bond donors (Lipinski definition) is 3. The maximum absolute atomic E-state index is 10.7. The van der Waals surface area contributed by atoms with Crippen molar-refractivity contribution in [1.29, 1.82) is 0 Å². The molecule has 5 N–H and O–H groups in total. The highest BCUT2D eigenvalue weighted by molar-refractivity contribution is 5.79. The largest absolute Gasteiger partial charge is 0.368 e. The fourth-order valence-corrected chi connectivity index (χ4v) is 2.28. The lowest BCUT2D eigenvalue weighted by atomic mass is 9.81. The van der Waals surface area contributed by atoms with Gasteiger partial charge < -0.3 is 16.8 Å². The van der Waals surface area contributed by atoms with Gasteiger partial charge in [-0.15, -0.1) is 0 Å². The summed E-state index contributed by atoms with van der Waals surface area (Å²) in [6.45, 7) is 3.78. The van der Waals surface area contributed by atoms with Crippen LogP contribution in [0.3, 0.4) is 0 Å². The van der Waals surface area contributed by atoms with E-state index in [-0.39, 0.29) is 0 Å². The first-order valence-electron chi connectivity index (χ1n) is 6.35. The highest BCUT2D eigenvalue weighted by Crippen LogP contribution is 2.29. The standard InChI is InChI=1S/C12H25N3O/c1-9-2-4-10(5-3-9)6-7-15-8-11(13)12(14)16/h9-11,15H,2-8,13H2,1H3,(H2,14,16). The van der Waals surface area contributed by atoms with Gasteiger partial charge in [0.05, 0.1) is 6.04 Å². The van der Waals surface area contributed by atoms with Gasteiger partial charge in [0.25, 0.3) is 0 Å². The Bertz CT molecular complexity index is 212. The fourth-order valence-electron chi connectivity index (χ4n) is 2.28. The molecule has 0 bridgehead atoms. The SMILES string of the molecule is CC1CCC(CCNCC(N)C(N)=O)CC1. The van der Waals surface area contributed by atoms with Crippen molar-refractivity contribution in [2.24, 2.45) is 23.3 Å². The molecule has 16 heavy (non-hydrogen) atoms. The van der Waals surface area contributed by atoms with Crippen LogP contribution in [-0.2, 0) is 4.79 Å². The Labute approximate surface area is 98.1 Å². The molecule has 1 amide bonds. The average molecular weight is 227 g/mol. The molecule has 0 spiro atoms. The minimum atomic E-state index is -0.550. The third kappa shape index (κ3) is 4.94. The van der Waals surface area contributed by atoms with E-state index >= 15 is 0 Å². The van der Waals surface area contributed by atoms with E-state index in [9.17, 15) is 4.79 Å². The lowest BCUT2D eigenvalue weighted by Gasteiger charge is -2.26. The molecule has 0 aromatic heterocycles. The second-order valence-corrected chi connectivity index (χ2v) is 5.13. The molecule has 94 valence electrons. The van der Waals surface area contributed by atoms with Gasteiger partial charge in [-0.1, -0.05) is 32.6 Å². The first kappa shape index (κ1) is 13.5. The molecule has 1 rings (SSSR count). The maximum atomic E-state index is 10.7. The van der Waals surface area contributed by atoms with Gasteiger partial charge >= 0.3 is 0 Å². The Balaban J connectivity index is 2.01. The molecule has 4 heteroatoms. The molecule has 0 radical (unpaired) electrons. The quantitative estimate of drug-likeness (QED) is 0.581. The highest BCUT2D eigenvalue weighted by atomic mass is 16.1. The van der Waals surface area contributed by atoms with Crippen molar-refractivity contribution in [3.05, 3.63) is 0 Å². The van der Waals surface area contributed by atoms with Crippen molar-refractivity contribution in [3.63, 3.8) is 0 Å². The number of rotatable bonds is 6. The summed E-state index contributed by atoms with van der Waals surface area (Å²) in [5, 5.41) is 3.20. The predicted molar refractivity (Wildman–Crippen MR) is 65.8 cm³/mol. The molecule has 0 saturated heterocycles. The second-order valence-electron chi connectivity index (χ2n) is 5.13. The summed E-state index contributed by atoms with van der Waals surface area (Å²) < 4.78 is 0. The van der Waals surface area contributed by atoms with Crippen LogP contribution in [0, 0.1) is 11.8 Å². The molecule has 4 nitrogen and oxygen atoms in total. The summed E-state index contributed by atoms with van der Waals surface area (Å²) >= 11 is 0. The topological polar surface area (TPSA) is 81.1 Å². The number of hydrogen-bond acceptors (Lipinski definition) is 3. The predicted octanol–water partition coefficient (Wildman–Crippen LogP) is 0.605. The molecule has 0 aliphatic heterocycles. The molecule has 0 aromatic rings. The van der Waals surface area contributed by atoms with Gasteiger partial charge in [-0.3, -0.25) is 4.79 Å². The van der Waals surface area contributed by atoms with Gasteiger partial charge in [0.2, 0.25) is 5.91 Å². The summed E-state index contributed by atoms with van der Waals surface area (Å²) in [6.07, 6.45) is 6.63. The Morgan fingerprint density at radius 1 is 1.38 bits per heavy atom. The summed E-state index contributed by atoms with van der Waals surface area (Å²) in [5.41, 5.74) is 10.6. The minimum absolute atomic E-state index is 0.431. The van der Waals surface area contributed by atoms with Crippen LogP contribution < -0.4 is 16.8 Å². The van der Waals surface area contributed by atoms with E-state index in [2.05, 4.69) is 12.2 Å². The molecular weight excluding hydrogens is 202 g/mol. The number of amides is 1. The fraction of sp³-hybridized carbons (Fsp3) is 0.917. The molecule has 1 aliphatic rings. The zero-order valence-corrected chi connectivity index (χ0v) is 10.2. The van der Waals surface area contributed by atoms with Crippen LogP contribution >= 0.6 is 0 Å². The number of primary amides is 1. The number of nitrogens with one attached hydrogen (secondary N) is 1. The lowest BCUT2D eigenvalue weighted by Crippen LogP contribution is -2.44. The molecule has 0 heterocycles. The third-order valence-electron chi connectivity index (χ3n) is 3.59. The average Bonchev–Trinajstić information content (AvgIpc) is 2.26. The van der Waals surface area contributed by atoms with Gasteiger partial charge in [0, 0.05) is 6.54 Å². The van der Waals surface area contributed by atoms with Crippen LogP contribution in [0.1, 0.15) is 39.0 Å². The van der Waals surface area contributed by atoms with Crippen LogP contribution in [-0.4, -0.2) is 25.0 Å². The Kier molecular flexibility index (Phi) is 5.77. The minimum Gasteiger partial charge on any atom is -0.368 e. The summed E-state index contributed by atoms with van der Waals surface area (Å²) in [6, 6.07) is -0.550. The zero-order chi connectivity index (χ0) is 12.0. The van der Waals surface area contributed by atoms with E-state index < -0.39 is 11.9 Å². The van der Waals surface area contributed by atoms with Crippen molar-refractivity contribution >= 4 is 5.91 Å². The Morgan fingerprint density at radius 3 is 2.56 bits per heavy atom. The van der Waals surface area contributed by atoms with Crippen LogP contribution in [0.15, 0.2) is 0 Å². The first-order valence-corrected chi connectivity index (χ1v) is 6.35. The molecule has 1 atom stereocenters. The lowest BCUT2D eigenvalue weighted by molar-refractivity contribution is -0.119. The normalized spacial score (nSPS) is 27.6. The van der Waals surface area contributed by atoms with E-state index in [4.69, 9.17) is 11.5 Å². The van der Waals surface area contributed by atoms with E-state index in [1.165, 1.54) is 32.1 Å². The smallest absolute Gasteiger partial charge is 0.235 e. The third-order valence-corrected chi connectivity index (χ3v) is 3.59. The maximum Gasteiger partial charge on any atom is 0.235 e. The van der Waals surface area contributed by atoms with Gasteiger partial charge in [-0.05, 0) is 24.8 Å². The zero-order valence-electron chi connectivity index (χ0n) is 10.2. The van der Waals surface area contributed by atoms with Crippen LogP contribution in [0.5, 0.6) is 0 Å². The second kappa shape index (κ2) is 6.86. The monoisotopic (exact) mass is 227 g/mol. The Hall–Kier alpha value is -0.610. The number of carbonyl (C=O) groups is 1. The molecule has 1 saturated carbocycles. The van der Waals surface area contributed by atoms with Crippen LogP contribution in [0.2, 0.25) is 0 Å². The first-order chi connectivity index (χ1) is 7.59. The summed E-state index contributed by atoms with van der Waals surface area (Å²) in [7, 11) is 0. The van der Waals surface area contributed by atoms with E-state index in [0.29, 0.717) is 6.54 Å². The molecule has 1 fully saturated rings. The molecular formula is C12H25N3O. The van der Waals surface area contributed by atoms with Crippen molar-refractivity contribution in [1.82, 2.24) is 5.32 Å². The van der Waals surface area contributed by atoms with Crippen LogP contribution in [0.4, 0.5) is 0 Å². The van der Waals surface area contributed by atoms with Crippen molar-refractivity contribution in [3.8, 4) is 0 Å². The van der Waals surface area contributed by atoms with Gasteiger partial charge in [0.1, 0.15) is 0 Å². The van der Waals surface area contributed by atoms with Crippen LogP contribution in [0.25, 0.3) is 0 Å². The van der Waals surface area contributed by atoms with E-state index in [0.717, 1.165) is 18.4 Å².